The normalized spacial score (nSPS) is 10.8. The molecule has 0 atom stereocenters. The molecule has 1 aromatic carbocycles. The van der Waals surface area contributed by atoms with Crippen molar-refractivity contribution in [2.45, 2.75) is 13.3 Å². The number of aryl methyl sites for hydroxylation is 1. The van der Waals surface area contributed by atoms with Crippen LogP contribution in [0.3, 0.4) is 0 Å². The van der Waals surface area contributed by atoms with E-state index in [9.17, 15) is 13.6 Å². The second-order valence-corrected chi connectivity index (χ2v) is 3.59. The fraction of sp³-hybridized carbons (Fsp3) is 0.182. The maximum atomic E-state index is 13.5. The van der Waals surface area contributed by atoms with Crippen LogP contribution in [-0.4, -0.2) is 9.78 Å². The van der Waals surface area contributed by atoms with Gasteiger partial charge in [-0.25, -0.2) is 13.5 Å². The van der Waals surface area contributed by atoms with E-state index in [1.807, 2.05) is 6.92 Å². The van der Waals surface area contributed by atoms with Crippen molar-refractivity contribution in [1.82, 2.24) is 9.78 Å². The number of H-pyrrole nitrogens is 1. The van der Waals surface area contributed by atoms with Gasteiger partial charge in [0.15, 0.2) is 5.82 Å². The summed E-state index contributed by atoms with van der Waals surface area (Å²) in [7, 11) is 0. The third-order valence-electron chi connectivity index (χ3n) is 2.51. The third-order valence-corrected chi connectivity index (χ3v) is 2.51. The number of rotatable bonds is 2. The van der Waals surface area contributed by atoms with Crippen molar-refractivity contribution < 1.29 is 8.78 Å². The molecule has 0 saturated heterocycles. The Balaban J connectivity index is 2.65. The lowest BCUT2D eigenvalue weighted by atomic mass is 10.3. The van der Waals surface area contributed by atoms with Crippen molar-refractivity contribution in [1.29, 1.82) is 0 Å². The quantitative estimate of drug-likeness (QED) is 0.835. The highest BCUT2D eigenvalue weighted by Crippen LogP contribution is 2.14. The van der Waals surface area contributed by atoms with Crippen LogP contribution in [0.25, 0.3) is 5.69 Å². The molecular weight excluding hydrogens is 228 g/mol. The summed E-state index contributed by atoms with van der Waals surface area (Å²) in [4.78, 5) is 11.7. The number of hydrogen-bond acceptors (Lipinski definition) is 2. The summed E-state index contributed by atoms with van der Waals surface area (Å²) in [5.41, 5.74) is 5.56. The van der Waals surface area contributed by atoms with Crippen molar-refractivity contribution in [3.05, 3.63) is 45.9 Å². The number of nitrogens with zero attached hydrogens (tertiary/aromatic N) is 1. The highest BCUT2D eigenvalue weighted by molar-refractivity contribution is 5.44. The van der Waals surface area contributed by atoms with Gasteiger partial charge in [-0.1, -0.05) is 6.92 Å². The maximum Gasteiger partial charge on any atom is 0.294 e. The summed E-state index contributed by atoms with van der Waals surface area (Å²) in [5.74, 6) is -1.52. The molecule has 0 spiro atoms. The molecule has 0 unspecified atom stereocenters. The molecule has 0 aliphatic heterocycles. The first-order chi connectivity index (χ1) is 8.04. The zero-order valence-electron chi connectivity index (χ0n) is 9.13. The predicted molar refractivity (Wildman–Crippen MR) is 60.1 cm³/mol. The van der Waals surface area contributed by atoms with Crippen LogP contribution >= 0.6 is 0 Å². The minimum absolute atomic E-state index is 0.0521. The van der Waals surface area contributed by atoms with Crippen molar-refractivity contribution in [3.63, 3.8) is 0 Å². The average molecular weight is 239 g/mol. The largest absolute Gasteiger partial charge is 0.393 e. The number of benzene rings is 1. The topological polar surface area (TPSA) is 63.8 Å². The lowest BCUT2D eigenvalue weighted by molar-refractivity contribution is 0.572. The van der Waals surface area contributed by atoms with Crippen LogP contribution in [0.5, 0.6) is 0 Å². The van der Waals surface area contributed by atoms with E-state index in [0.717, 1.165) is 10.7 Å². The fourth-order valence-electron chi connectivity index (χ4n) is 1.60. The first kappa shape index (κ1) is 11.4. The van der Waals surface area contributed by atoms with Gasteiger partial charge >= 0.3 is 0 Å². The number of anilines is 1. The number of nitrogens with two attached hydrogens (primary N) is 1. The van der Waals surface area contributed by atoms with E-state index in [1.54, 1.807) is 0 Å². The lowest BCUT2D eigenvalue weighted by Gasteiger charge is -2.03. The van der Waals surface area contributed by atoms with Gasteiger partial charge in [-0.3, -0.25) is 9.89 Å². The Morgan fingerprint density at radius 3 is 2.65 bits per heavy atom. The zero-order valence-corrected chi connectivity index (χ0v) is 9.13. The monoisotopic (exact) mass is 239 g/mol. The van der Waals surface area contributed by atoms with E-state index in [2.05, 4.69) is 5.10 Å². The van der Waals surface area contributed by atoms with Gasteiger partial charge in [0.2, 0.25) is 0 Å². The molecule has 0 fully saturated rings. The summed E-state index contributed by atoms with van der Waals surface area (Å²) >= 11 is 0. The van der Waals surface area contributed by atoms with E-state index in [4.69, 9.17) is 5.73 Å². The van der Waals surface area contributed by atoms with Crippen LogP contribution in [0.15, 0.2) is 23.0 Å². The minimum atomic E-state index is -0.823. The Morgan fingerprint density at radius 2 is 2.12 bits per heavy atom. The number of aromatic amines is 1. The molecule has 0 saturated carbocycles. The third kappa shape index (κ3) is 1.82. The van der Waals surface area contributed by atoms with Gasteiger partial charge in [-0.15, -0.1) is 0 Å². The van der Waals surface area contributed by atoms with Gasteiger partial charge in [-0.05, 0) is 18.6 Å². The smallest absolute Gasteiger partial charge is 0.294 e. The molecule has 3 N–H and O–H groups in total. The highest BCUT2D eigenvalue weighted by atomic mass is 19.1. The first-order valence-corrected chi connectivity index (χ1v) is 5.09. The Morgan fingerprint density at radius 1 is 1.41 bits per heavy atom. The van der Waals surface area contributed by atoms with Gasteiger partial charge in [0.1, 0.15) is 17.2 Å². The predicted octanol–water partition coefficient (Wildman–Crippen LogP) is 1.59. The molecule has 6 heteroatoms. The van der Waals surface area contributed by atoms with E-state index in [-0.39, 0.29) is 11.4 Å². The number of halogens is 2. The summed E-state index contributed by atoms with van der Waals surface area (Å²) in [6, 6.07) is 2.97. The molecule has 4 nitrogen and oxygen atoms in total. The molecule has 0 bridgehead atoms. The number of aromatic nitrogens is 2. The summed E-state index contributed by atoms with van der Waals surface area (Å²) in [6.45, 7) is 1.81. The van der Waals surface area contributed by atoms with Crippen LogP contribution in [0.2, 0.25) is 0 Å². The molecule has 2 aromatic rings. The fourth-order valence-corrected chi connectivity index (χ4v) is 1.60. The van der Waals surface area contributed by atoms with Crippen molar-refractivity contribution in [2.24, 2.45) is 0 Å². The second-order valence-electron chi connectivity index (χ2n) is 3.59. The molecule has 0 aliphatic rings. The molecular formula is C11H11F2N3O. The Kier molecular flexibility index (Phi) is 2.71. The van der Waals surface area contributed by atoms with E-state index in [0.29, 0.717) is 18.2 Å². The molecule has 0 radical (unpaired) electrons. The molecule has 2 rings (SSSR count). The SMILES string of the molecule is CCc1[nH]n(-c2ccc(F)cc2F)c(=O)c1N. The highest BCUT2D eigenvalue weighted by Gasteiger charge is 2.14. The summed E-state index contributed by atoms with van der Waals surface area (Å²) in [6.07, 6.45) is 0.525. The van der Waals surface area contributed by atoms with Gasteiger partial charge in [0, 0.05) is 6.07 Å². The Bertz CT molecular complexity index is 616. The van der Waals surface area contributed by atoms with Crippen molar-refractivity contribution >= 4 is 5.69 Å². The number of nitrogens with one attached hydrogen (secondary N) is 1. The maximum absolute atomic E-state index is 13.5. The van der Waals surface area contributed by atoms with E-state index in [1.165, 1.54) is 6.07 Å². The summed E-state index contributed by atoms with van der Waals surface area (Å²) in [5, 5.41) is 2.69. The Hall–Kier alpha value is -2.11. The van der Waals surface area contributed by atoms with E-state index < -0.39 is 17.2 Å². The van der Waals surface area contributed by atoms with Gasteiger partial charge in [0.05, 0.1) is 5.69 Å². The van der Waals surface area contributed by atoms with Crippen LogP contribution in [0, 0.1) is 11.6 Å². The summed E-state index contributed by atoms with van der Waals surface area (Å²) < 4.78 is 27.2. The van der Waals surface area contributed by atoms with Crippen molar-refractivity contribution in [2.75, 3.05) is 5.73 Å². The standard InChI is InChI=1S/C11H11F2N3O/c1-2-8-10(14)11(17)16(15-8)9-4-3-6(12)5-7(9)13/h3-5,15H,2,14H2,1H3. The average Bonchev–Trinajstić information content (AvgIpc) is 2.57. The van der Waals surface area contributed by atoms with E-state index >= 15 is 0 Å². The Labute approximate surface area is 95.7 Å². The second kappa shape index (κ2) is 4.04. The zero-order chi connectivity index (χ0) is 12.6. The molecule has 0 amide bonds. The number of nitrogen functional groups attached to an aromatic ring is 1. The van der Waals surface area contributed by atoms with Gasteiger partial charge in [-0.2, -0.15) is 0 Å². The molecule has 90 valence electrons. The molecule has 0 aliphatic carbocycles. The van der Waals surface area contributed by atoms with Crippen LogP contribution < -0.4 is 11.3 Å². The lowest BCUT2D eigenvalue weighted by Crippen LogP contribution is -2.17. The van der Waals surface area contributed by atoms with Crippen LogP contribution in [0.4, 0.5) is 14.5 Å². The molecule has 1 aromatic heterocycles. The van der Waals surface area contributed by atoms with Gasteiger partial charge in [0.25, 0.3) is 5.56 Å². The molecule has 17 heavy (non-hydrogen) atoms. The number of hydrogen-bond donors (Lipinski definition) is 2. The first-order valence-electron chi connectivity index (χ1n) is 5.09. The molecule has 1 heterocycles. The van der Waals surface area contributed by atoms with Crippen LogP contribution in [-0.2, 0) is 6.42 Å². The van der Waals surface area contributed by atoms with Crippen molar-refractivity contribution in [3.8, 4) is 5.69 Å². The van der Waals surface area contributed by atoms with Crippen LogP contribution in [0.1, 0.15) is 12.6 Å². The van der Waals surface area contributed by atoms with Gasteiger partial charge < -0.3 is 5.73 Å². The minimum Gasteiger partial charge on any atom is -0.393 e.